The largest absolute Gasteiger partial charge is 0.126 e. The number of thioether (sulfide) groups is 1. The third-order valence-electron chi connectivity index (χ3n) is 1.88. The highest BCUT2D eigenvalue weighted by Gasteiger charge is 2.13. The third kappa shape index (κ3) is 0.940. The summed E-state index contributed by atoms with van der Waals surface area (Å²) in [5.41, 5.74) is 1.62. The zero-order valence-electron chi connectivity index (χ0n) is 5.39. The molecule has 0 aromatic rings. The minimum atomic E-state index is 1.21. The molecule has 2 rings (SSSR count). The second-order valence-electron chi connectivity index (χ2n) is 2.52. The van der Waals surface area contributed by atoms with Crippen LogP contribution >= 0.6 is 11.8 Å². The second-order valence-corrected chi connectivity index (χ2v) is 3.63. The molecule has 0 saturated carbocycles. The molecule has 1 aliphatic carbocycles. The van der Waals surface area contributed by atoms with Crippen LogP contribution in [0.3, 0.4) is 0 Å². The topological polar surface area (TPSA) is 0 Å². The van der Waals surface area contributed by atoms with Crippen molar-refractivity contribution in [2.24, 2.45) is 0 Å². The van der Waals surface area contributed by atoms with E-state index in [2.05, 4.69) is 12.2 Å². The molecule has 2 aliphatic rings. The molecule has 0 bridgehead atoms. The molecule has 0 saturated heterocycles. The molecule has 9 heavy (non-hydrogen) atoms. The van der Waals surface area contributed by atoms with Crippen molar-refractivity contribution in [2.45, 2.75) is 19.3 Å². The summed E-state index contributed by atoms with van der Waals surface area (Å²) in [4.78, 5) is 1.66. The lowest BCUT2D eigenvalue weighted by molar-refractivity contribution is 0.913. The maximum atomic E-state index is 2.30. The van der Waals surface area contributed by atoms with Crippen molar-refractivity contribution in [3.05, 3.63) is 22.6 Å². The quantitative estimate of drug-likeness (QED) is 0.496. The van der Waals surface area contributed by atoms with Gasteiger partial charge in [0, 0.05) is 5.75 Å². The first-order chi connectivity index (χ1) is 4.47. The Morgan fingerprint density at radius 1 is 1.33 bits per heavy atom. The van der Waals surface area contributed by atoms with Crippen LogP contribution in [0.25, 0.3) is 0 Å². The molecule has 0 fully saturated rings. The van der Waals surface area contributed by atoms with Crippen molar-refractivity contribution in [1.82, 2.24) is 0 Å². The van der Waals surface area contributed by atoms with E-state index in [4.69, 9.17) is 0 Å². The number of allylic oxidation sites excluding steroid dienone is 3. The van der Waals surface area contributed by atoms with Crippen LogP contribution in [0.2, 0.25) is 0 Å². The van der Waals surface area contributed by atoms with E-state index in [0.717, 1.165) is 0 Å². The summed E-state index contributed by atoms with van der Waals surface area (Å²) in [6.07, 6.45) is 8.65. The Hall–Kier alpha value is -0.170. The maximum absolute atomic E-state index is 2.30. The molecule has 0 unspecified atom stereocenters. The highest BCUT2D eigenvalue weighted by molar-refractivity contribution is 8.03. The van der Waals surface area contributed by atoms with E-state index < -0.39 is 0 Å². The molecule has 0 aromatic carbocycles. The van der Waals surface area contributed by atoms with Gasteiger partial charge in [0.25, 0.3) is 0 Å². The molecule has 48 valence electrons. The molecule has 0 nitrogen and oxygen atoms in total. The van der Waals surface area contributed by atoms with Gasteiger partial charge in [0.15, 0.2) is 0 Å². The average Bonchev–Trinajstić information content (AvgIpc) is 2.33. The van der Waals surface area contributed by atoms with Crippen LogP contribution in [0.15, 0.2) is 22.6 Å². The van der Waals surface area contributed by atoms with Gasteiger partial charge in [-0.15, -0.1) is 11.8 Å². The van der Waals surface area contributed by atoms with Crippen LogP contribution in [0.5, 0.6) is 0 Å². The van der Waals surface area contributed by atoms with Crippen molar-refractivity contribution < 1.29 is 0 Å². The van der Waals surface area contributed by atoms with E-state index in [1.54, 1.807) is 10.5 Å². The van der Waals surface area contributed by atoms with E-state index in [9.17, 15) is 0 Å². The first-order valence-corrected chi connectivity index (χ1v) is 4.47. The van der Waals surface area contributed by atoms with Crippen LogP contribution in [-0.2, 0) is 0 Å². The maximum Gasteiger partial charge on any atom is 0.0160 e. The van der Waals surface area contributed by atoms with Gasteiger partial charge in [-0.05, 0) is 29.7 Å². The van der Waals surface area contributed by atoms with Crippen LogP contribution in [0.1, 0.15) is 19.3 Å². The Labute approximate surface area is 60.0 Å². The molecular weight excluding hydrogens is 128 g/mol. The predicted molar refractivity (Wildman–Crippen MR) is 42.5 cm³/mol. The second kappa shape index (κ2) is 2.22. The van der Waals surface area contributed by atoms with Gasteiger partial charge in [-0.2, -0.15) is 0 Å². The van der Waals surface area contributed by atoms with Gasteiger partial charge in [-0.1, -0.05) is 12.2 Å². The Kier molecular flexibility index (Phi) is 1.38. The zero-order valence-corrected chi connectivity index (χ0v) is 6.21. The van der Waals surface area contributed by atoms with E-state index in [1.807, 2.05) is 11.8 Å². The molecule has 1 heteroatoms. The Morgan fingerprint density at radius 3 is 3.22 bits per heavy atom. The van der Waals surface area contributed by atoms with Crippen LogP contribution in [0, 0.1) is 0 Å². The molecule has 0 aromatic heterocycles. The summed E-state index contributed by atoms with van der Waals surface area (Å²) in [5, 5.41) is 0. The normalized spacial score (nSPS) is 24.9. The molecular formula is C8H10S. The Morgan fingerprint density at radius 2 is 2.33 bits per heavy atom. The van der Waals surface area contributed by atoms with Gasteiger partial charge in [0.2, 0.25) is 0 Å². The van der Waals surface area contributed by atoms with E-state index in [0.29, 0.717) is 0 Å². The number of rotatable bonds is 0. The third-order valence-corrected chi connectivity index (χ3v) is 3.05. The zero-order chi connectivity index (χ0) is 6.10. The van der Waals surface area contributed by atoms with E-state index in [1.165, 1.54) is 25.0 Å². The van der Waals surface area contributed by atoms with Crippen LogP contribution < -0.4 is 0 Å². The lowest BCUT2D eigenvalue weighted by Crippen LogP contribution is -1.83. The van der Waals surface area contributed by atoms with Gasteiger partial charge >= 0.3 is 0 Å². The highest BCUT2D eigenvalue weighted by Crippen LogP contribution is 2.37. The summed E-state index contributed by atoms with van der Waals surface area (Å²) in [6, 6.07) is 0. The fourth-order valence-electron chi connectivity index (χ4n) is 1.42. The molecule has 1 aliphatic heterocycles. The Balaban J connectivity index is 2.28. The summed E-state index contributed by atoms with van der Waals surface area (Å²) in [5.74, 6) is 1.21. The molecule has 0 atom stereocenters. The Bertz CT molecular complexity index is 177. The molecule has 1 heterocycles. The van der Waals surface area contributed by atoms with Crippen molar-refractivity contribution >= 4 is 11.8 Å². The lowest BCUT2D eigenvalue weighted by atomic mass is 10.2. The molecule has 0 N–H and O–H groups in total. The average molecular weight is 138 g/mol. The minimum absolute atomic E-state index is 1.21. The molecule has 0 radical (unpaired) electrons. The standard InChI is InChI=1S/C8H10S/c1-3-7-4-2-6-9-8(7)5-1/h2,4H,1,3,5-6H2. The minimum Gasteiger partial charge on any atom is -0.126 e. The molecule has 0 amide bonds. The van der Waals surface area contributed by atoms with Gasteiger partial charge in [-0.25, -0.2) is 0 Å². The predicted octanol–water partition coefficient (Wildman–Crippen LogP) is 2.73. The van der Waals surface area contributed by atoms with Gasteiger partial charge in [0.05, 0.1) is 0 Å². The van der Waals surface area contributed by atoms with E-state index in [-0.39, 0.29) is 0 Å². The summed E-state index contributed by atoms with van der Waals surface area (Å²) < 4.78 is 0. The number of hydrogen-bond acceptors (Lipinski definition) is 1. The summed E-state index contributed by atoms with van der Waals surface area (Å²) >= 11 is 2.03. The van der Waals surface area contributed by atoms with Crippen LogP contribution in [-0.4, -0.2) is 5.75 Å². The van der Waals surface area contributed by atoms with Crippen molar-refractivity contribution in [3.63, 3.8) is 0 Å². The fraction of sp³-hybridized carbons (Fsp3) is 0.500. The van der Waals surface area contributed by atoms with Gasteiger partial charge in [-0.3, -0.25) is 0 Å². The lowest BCUT2D eigenvalue weighted by Gasteiger charge is -2.05. The fourth-order valence-corrected chi connectivity index (χ4v) is 2.46. The van der Waals surface area contributed by atoms with Gasteiger partial charge in [0.1, 0.15) is 0 Å². The van der Waals surface area contributed by atoms with E-state index >= 15 is 0 Å². The SMILES string of the molecule is C1=CC2=C(CCC2)SC1. The smallest absolute Gasteiger partial charge is 0.0160 e. The van der Waals surface area contributed by atoms with Crippen molar-refractivity contribution in [3.8, 4) is 0 Å². The first-order valence-electron chi connectivity index (χ1n) is 3.48. The van der Waals surface area contributed by atoms with Crippen molar-refractivity contribution in [2.75, 3.05) is 5.75 Å². The monoisotopic (exact) mass is 138 g/mol. The highest BCUT2D eigenvalue weighted by atomic mass is 32.2. The summed E-state index contributed by atoms with van der Waals surface area (Å²) in [6.45, 7) is 0. The summed E-state index contributed by atoms with van der Waals surface area (Å²) in [7, 11) is 0. The van der Waals surface area contributed by atoms with Gasteiger partial charge < -0.3 is 0 Å². The number of hydrogen-bond donors (Lipinski definition) is 0. The molecule has 0 spiro atoms. The van der Waals surface area contributed by atoms with Crippen LogP contribution in [0.4, 0.5) is 0 Å². The van der Waals surface area contributed by atoms with Crippen molar-refractivity contribution in [1.29, 1.82) is 0 Å². The first kappa shape index (κ1) is 5.60.